The molecule has 8 heteroatoms. The van der Waals surface area contributed by atoms with Crippen LogP contribution in [-0.2, 0) is 11.2 Å². The Labute approximate surface area is 165 Å². The lowest BCUT2D eigenvalue weighted by molar-refractivity contribution is -0.115. The first-order chi connectivity index (χ1) is 13.8. The highest BCUT2D eigenvalue weighted by atomic mass is 32.1. The number of nitrogens with one attached hydrogen (secondary N) is 1. The summed E-state index contributed by atoms with van der Waals surface area (Å²) in [5.41, 5.74) is 2.34. The molecule has 3 aromatic heterocycles. The monoisotopic (exact) mass is 389 g/mol. The highest BCUT2D eigenvalue weighted by molar-refractivity contribution is 7.13. The van der Waals surface area contributed by atoms with Gasteiger partial charge in [0.25, 0.3) is 0 Å². The minimum atomic E-state index is -0.136. The van der Waals surface area contributed by atoms with Crippen molar-refractivity contribution in [2.24, 2.45) is 0 Å². The van der Waals surface area contributed by atoms with Crippen molar-refractivity contribution >= 4 is 22.9 Å². The van der Waals surface area contributed by atoms with Gasteiger partial charge in [0, 0.05) is 41.4 Å². The van der Waals surface area contributed by atoms with E-state index in [0.29, 0.717) is 11.4 Å². The van der Waals surface area contributed by atoms with Gasteiger partial charge in [0.05, 0.1) is 12.1 Å². The Morgan fingerprint density at radius 3 is 2.61 bits per heavy atom. The molecule has 0 spiro atoms. The average Bonchev–Trinajstić information content (AvgIpc) is 3.19. The number of anilines is 1. The third-order valence-corrected chi connectivity index (χ3v) is 4.63. The Bertz CT molecular complexity index is 1050. The van der Waals surface area contributed by atoms with E-state index in [1.165, 1.54) is 11.3 Å². The molecule has 0 fully saturated rings. The minimum absolute atomic E-state index is 0.136. The van der Waals surface area contributed by atoms with Gasteiger partial charge in [0.2, 0.25) is 5.91 Å². The van der Waals surface area contributed by atoms with Gasteiger partial charge >= 0.3 is 6.01 Å². The molecule has 1 N–H and O–H groups in total. The SMILES string of the molecule is O=C(Cc1csc(-c2cccnc2)n1)Nc1ccc(Oc2ncccn2)cc1. The van der Waals surface area contributed by atoms with Crippen LogP contribution in [0.15, 0.2) is 72.6 Å². The zero-order chi connectivity index (χ0) is 19.2. The zero-order valence-corrected chi connectivity index (χ0v) is 15.5. The topological polar surface area (TPSA) is 89.9 Å². The largest absolute Gasteiger partial charge is 0.424 e. The van der Waals surface area contributed by atoms with Gasteiger partial charge in [-0.15, -0.1) is 11.3 Å². The zero-order valence-electron chi connectivity index (χ0n) is 14.6. The number of carbonyl (C=O) groups is 1. The summed E-state index contributed by atoms with van der Waals surface area (Å²) in [7, 11) is 0. The molecule has 0 saturated heterocycles. The van der Waals surface area contributed by atoms with Gasteiger partial charge in [-0.2, -0.15) is 0 Å². The first-order valence-corrected chi connectivity index (χ1v) is 9.34. The van der Waals surface area contributed by atoms with Crippen LogP contribution in [0.3, 0.4) is 0 Å². The van der Waals surface area contributed by atoms with Gasteiger partial charge in [-0.25, -0.2) is 15.0 Å². The molecule has 1 aromatic carbocycles. The lowest BCUT2D eigenvalue weighted by atomic mass is 10.2. The summed E-state index contributed by atoms with van der Waals surface area (Å²) in [5.74, 6) is 0.452. The van der Waals surface area contributed by atoms with Crippen LogP contribution in [0.4, 0.5) is 5.69 Å². The summed E-state index contributed by atoms with van der Waals surface area (Å²) >= 11 is 1.49. The van der Waals surface area contributed by atoms with Gasteiger partial charge in [0.1, 0.15) is 10.8 Å². The minimum Gasteiger partial charge on any atom is -0.424 e. The van der Waals surface area contributed by atoms with Crippen molar-refractivity contribution in [3.63, 3.8) is 0 Å². The van der Waals surface area contributed by atoms with Gasteiger partial charge in [-0.05, 0) is 42.5 Å². The molecule has 3 heterocycles. The Kier molecular flexibility index (Phi) is 5.30. The standard InChI is InChI=1S/C20H15N5O2S/c26-18(11-16-13-28-19(25-16)14-3-1-8-21-12-14)24-15-4-6-17(7-5-15)27-20-22-9-2-10-23-20/h1-10,12-13H,11H2,(H,24,26). The number of ether oxygens (including phenoxy) is 1. The van der Waals surface area contributed by atoms with E-state index in [2.05, 4.69) is 25.3 Å². The van der Waals surface area contributed by atoms with Crippen molar-refractivity contribution in [2.45, 2.75) is 6.42 Å². The Morgan fingerprint density at radius 2 is 1.86 bits per heavy atom. The van der Waals surface area contributed by atoms with Gasteiger partial charge in [0.15, 0.2) is 0 Å². The Morgan fingerprint density at radius 1 is 1.04 bits per heavy atom. The molecule has 7 nitrogen and oxygen atoms in total. The fraction of sp³-hybridized carbons (Fsp3) is 0.0500. The second-order valence-electron chi connectivity index (χ2n) is 5.77. The fourth-order valence-corrected chi connectivity index (χ4v) is 3.24. The van der Waals surface area contributed by atoms with Gasteiger partial charge in [-0.3, -0.25) is 9.78 Å². The molecule has 138 valence electrons. The predicted molar refractivity (Wildman–Crippen MR) is 106 cm³/mol. The van der Waals surface area contributed by atoms with E-state index < -0.39 is 0 Å². The second-order valence-corrected chi connectivity index (χ2v) is 6.63. The number of benzene rings is 1. The lowest BCUT2D eigenvalue weighted by Gasteiger charge is -2.06. The summed E-state index contributed by atoms with van der Waals surface area (Å²) < 4.78 is 5.53. The number of aromatic nitrogens is 4. The van der Waals surface area contributed by atoms with Crippen molar-refractivity contribution in [3.05, 3.63) is 78.3 Å². The van der Waals surface area contributed by atoms with Gasteiger partial charge < -0.3 is 10.1 Å². The van der Waals surface area contributed by atoms with Crippen LogP contribution >= 0.6 is 11.3 Å². The van der Waals surface area contributed by atoms with Crippen molar-refractivity contribution in [3.8, 4) is 22.3 Å². The summed E-state index contributed by atoms with van der Waals surface area (Å²) in [6.07, 6.45) is 6.89. The molecule has 0 saturated carbocycles. The first-order valence-electron chi connectivity index (χ1n) is 8.46. The van der Waals surface area contributed by atoms with E-state index in [-0.39, 0.29) is 18.3 Å². The smallest absolute Gasteiger partial charge is 0.321 e. The van der Waals surface area contributed by atoms with E-state index >= 15 is 0 Å². The van der Waals surface area contributed by atoms with Crippen molar-refractivity contribution in [2.75, 3.05) is 5.32 Å². The highest BCUT2D eigenvalue weighted by Gasteiger charge is 2.10. The van der Waals surface area contributed by atoms with Gasteiger partial charge in [-0.1, -0.05) is 0 Å². The summed E-state index contributed by atoms with van der Waals surface area (Å²) in [6, 6.07) is 12.8. The fourth-order valence-electron chi connectivity index (χ4n) is 2.43. The number of hydrogen-bond acceptors (Lipinski definition) is 7. The van der Waals surface area contributed by atoms with E-state index in [4.69, 9.17) is 4.74 Å². The maximum absolute atomic E-state index is 12.3. The number of amides is 1. The Balaban J connectivity index is 1.34. The van der Waals surface area contributed by atoms with E-state index in [1.807, 2.05) is 17.5 Å². The third-order valence-electron chi connectivity index (χ3n) is 3.69. The van der Waals surface area contributed by atoms with E-state index in [1.54, 1.807) is 55.1 Å². The summed E-state index contributed by atoms with van der Waals surface area (Å²) in [5, 5.41) is 5.59. The quantitative estimate of drug-likeness (QED) is 0.537. The maximum atomic E-state index is 12.3. The normalized spacial score (nSPS) is 10.4. The van der Waals surface area contributed by atoms with Crippen LogP contribution in [-0.4, -0.2) is 25.8 Å². The van der Waals surface area contributed by atoms with Crippen molar-refractivity contribution in [1.29, 1.82) is 0 Å². The molecule has 0 radical (unpaired) electrons. The summed E-state index contributed by atoms with van der Waals surface area (Å²) in [4.78, 5) is 28.9. The van der Waals surface area contributed by atoms with Crippen LogP contribution in [0, 0.1) is 0 Å². The molecule has 4 rings (SSSR count). The first kappa shape index (κ1) is 17.7. The Hall–Kier alpha value is -3.65. The molecule has 0 bridgehead atoms. The molecule has 1 amide bonds. The molecule has 0 atom stereocenters. The molecule has 4 aromatic rings. The van der Waals surface area contributed by atoms with Crippen LogP contribution in [0.2, 0.25) is 0 Å². The van der Waals surface area contributed by atoms with Crippen LogP contribution < -0.4 is 10.1 Å². The van der Waals surface area contributed by atoms with E-state index in [0.717, 1.165) is 16.3 Å². The molecule has 0 aliphatic rings. The number of hydrogen-bond donors (Lipinski definition) is 1. The highest BCUT2D eigenvalue weighted by Crippen LogP contribution is 2.23. The second kappa shape index (κ2) is 8.36. The number of nitrogens with zero attached hydrogens (tertiary/aromatic N) is 4. The molecular formula is C20H15N5O2S. The third kappa shape index (κ3) is 4.54. The average molecular weight is 389 g/mol. The lowest BCUT2D eigenvalue weighted by Crippen LogP contribution is -2.14. The summed E-state index contributed by atoms with van der Waals surface area (Å²) in [6.45, 7) is 0. The van der Waals surface area contributed by atoms with E-state index in [9.17, 15) is 4.79 Å². The number of pyridine rings is 1. The van der Waals surface area contributed by atoms with Crippen LogP contribution in [0.5, 0.6) is 11.8 Å². The molecular weight excluding hydrogens is 374 g/mol. The molecule has 0 unspecified atom stereocenters. The van der Waals surface area contributed by atoms with Crippen LogP contribution in [0.25, 0.3) is 10.6 Å². The number of carbonyl (C=O) groups excluding carboxylic acids is 1. The molecule has 28 heavy (non-hydrogen) atoms. The van der Waals surface area contributed by atoms with Crippen molar-refractivity contribution in [1.82, 2.24) is 19.9 Å². The molecule has 0 aliphatic heterocycles. The number of rotatable bonds is 6. The molecule has 0 aliphatic carbocycles. The van der Waals surface area contributed by atoms with Crippen molar-refractivity contribution < 1.29 is 9.53 Å². The van der Waals surface area contributed by atoms with Crippen LogP contribution in [0.1, 0.15) is 5.69 Å². The maximum Gasteiger partial charge on any atom is 0.321 e. The number of thiazole rings is 1. The predicted octanol–water partition coefficient (Wildman–Crippen LogP) is 3.97.